The molecule has 0 fully saturated rings. The molecule has 20 heavy (non-hydrogen) atoms. The SMILES string of the molecule is CCC(CC)NC(=O)NCCSCc1ccc(C)cc1. The van der Waals surface area contributed by atoms with Crippen LogP contribution in [0.4, 0.5) is 4.79 Å². The molecule has 0 spiro atoms. The maximum absolute atomic E-state index is 11.6. The number of nitrogens with one attached hydrogen (secondary N) is 2. The van der Waals surface area contributed by atoms with Crippen LogP contribution < -0.4 is 10.6 Å². The van der Waals surface area contributed by atoms with E-state index in [9.17, 15) is 4.79 Å². The number of aryl methyl sites for hydroxylation is 1. The lowest BCUT2D eigenvalue weighted by molar-refractivity contribution is 0.237. The zero-order chi connectivity index (χ0) is 14.8. The molecule has 0 aliphatic heterocycles. The summed E-state index contributed by atoms with van der Waals surface area (Å²) in [4.78, 5) is 11.6. The van der Waals surface area contributed by atoms with Crippen LogP contribution in [0.3, 0.4) is 0 Å². The molecule has 0 aliphatic rings. The molecule has 0 aliphatic carbocycles. The molecule has 0 saturated carbocycles. The monoisotopic (exact) mass is 294 g/mol. The number of rotatable bonds is 8. The van der Waals surface area contributed by atoms with Gasteiger partial charge in [-0.2, -0.15) is 11.8 Å². The lowest BCUT2D eigenvalue weighted by atomic mass is 10.2. The van der Waals surface area contributed by atoms with E-state index in [4.69, 9.17) is 0 Å². The first-order valence-electron chi connectivity index (χ1n) is 7.33. The molecule has 2 amide bonds. The summed E-state index contributed by atoms with van der Waals surface area (Å²) >= 11 is 1.84. The van der Waals surface area contributed by atoms with Gasteiger partial charge in [-0.1, -0.05) is 43.7 Å². The van der Waals surface area contributed by atoms with E-state index in [1.807, 2.05) is 11.8 Å². The Bertz CT molecular complexity index is 388. The molecule has 0 radical (unpaired) electrons. The van der Waals surface area contributed by atoms with Gasteiger partial charge in [-0.25, -0.2) is 4.79 Å². The van der Waals surface area contributed by atoms with Crippen molar-refractivity contribution in [1.82, 2.24) is 10.6 Å². The lowest BCUT2D eigenvalue weighted by Crippen LogP contribution is -2.42. The van der Waals surface area contributed by atoms with Gasteiger partial charge in [0.25, 0.3) is 0 Å². The minimum atomic E-state index is -0.0466. The summed E-state index contributed by atoms with van der Waals surface area (Å²) in [6, 6.07) is 8.84. The summed E-state index contributed by atoms with van der Waals surface area (Å²) < 4.78 is 0. The van der Waals surface area contributed by atoms with Gasteiger partial charge < -0.3 is 10.6 Å². The van der Waals surface area contributed by atoms with Gasteiger partial charge in [-0.15, -0.1) is 0 Å². The van der Waals surface area contributed by atoms with Gasteiger partial charge in [0, 0.05) is 24.1 Å². The Kier molecular flexibility index (Phi) is 8.19. The van der Waals surface area contributed by atoms with E-state index >= 15 is 0 Å². The van der Waals surface area contributed by atoms with Gasteiger partial charge >= 0.3 is 6.03 Å². The van der Waals surface area contributed by atoms with Crippen LogP contribution in [0, 0.1) is 6.92 Å². The Labute approximate surface area is 126 Å². The van der Waals surface area contributed by atoms with Crippen LogP contribution >= 0.6 is 11.8 Å². The van der Waals surface area contributed by atoms with E-state index in [1.54, 1.807) is 0 Å². The molecule has 1 aromatic rings. The predicted octanol–water partition coefficient (Wildman–Crippen LogP) is 3.72. The normalized spacial score (nSPS) is 10.6. The van der Waals surface area contributed by atoms with Crippen LogP contribution in [0.2, 0.25) is 0 Å². The highest BCUT2D eigenvalue weighted by atomic mass is 32.2. The molecule has 0 aromatic heterocycles. The van der Waals surface area contributed by atoms with Crippen molar-refractivity contribution < 1.29 is 4.79 Å². The fourth-order valence-corrected chi connectivity index (χ4v) is 2.66. The van der Waals surface area contributed by atoms with E-state index in [-0.39, 0.29) is 12.1 Å². The van der Waals surface area contributed by atoms with Crippen molar-refractivity contribution in [2.75, 3.05) is 12.3 Å². The van der Waals surface area contributed by atoms with Crippen LogP contribution in [0.25, 0.3) is 0 Å². The summed E-state index contributed by atoms with van der Waals surface area (Å²) in [5.74, 6) is 1.93. The van der Waals surface area contributed by atoms with Gasteiger partial charge in [0.2, 0.25) is 0 Å². The zero-order valence-electron chi connectivity index (χ0n) is 12.7. The minimum absolute atomic E-state index is 0.0466. The fourth-order valence-electron chi connectivity index (χ4n) is 1.84. The standard InChI is InChI=1S/C16H26N2OS/c1-4-15(5-2)18-16(19)17-10-11-20-12-14-8-6-13(3)7-9-14/h6-9,15H,4-5,10-12H2,1-3H3,(H2,17,18,19). The van der Waals surface area contributed by atoms with E-state index in [1.165, 1.54) is 11.1 Å². The molecular weight excluding hydrogens is 268 g/mol. The Morgan fingerprint density at radius 2 is 1.85 bits per heavy atom. The molecule has 0 bridgehead atoms. The van der Waals surface area contributed by atoms with Crippen molar-refractivity contribution in [2.24, 2.45) is 0 Å². The Morgan fingerprint density at radius 1 is 1.20 bits per heavy atom. The van der Waals surface area contributed by atoms with Gasteiger partial charge in [0.05, 0.1) is 0 Å². The third-order valence-electron chi connectivity index (χ3n) is 3.24. The third-order valence-corrected chi connectivity index (χ3v) is 4.27. The maximum atomic E-state index is 11.6. The van der Waals surface area contributed by atoms with Crippen molar-refractivity contribution >= 4 is 17.8 Å². The minimum Gasteiger partial charge on any atom is -0.337 e. The number of benzene rings is 1. The van der Waals surface area contributed by atoms with Crippen LogP contribution in [0.5, 0.6) is 0 Å². The van der Waals surface area contributed by atoms with Crippen molar-refractivity contribution in [3.05, 3.63) is 35.4 Å². The summed E-state index contributed by atoms with van der Waals surface area (Å²) in [5.41, 5.74) is 2.63. The van der Waals surface area contributed by atoms with Crippen molar-refractivity contribution in [1.29, 1.82) is 0 Å². The summed E-state index contributed by atoms with van der Waals surface area (Å²) in [5, 5.41) is 5.88. The number of urea groups is 1. The van der Waals surface area contributed by atoms with Crippen LogP contribution in [-0.4, -0.2) is 24.4 Å². The number of carbonyl (C=O) groups excluding carboxylic acids is 1. The molecule has 1 aromatic carbocycles. The molecule has 2 N–H and O–H groups in total. The Balaban J connectivity index is 2.09. The van der Waals surface area contributed by atoms with Crippen molar-refractivity contribution in [3.8, 4) is 0 Å². The number of hydrogen-bond acceptors (Lipinski definition) is 2. The molecule has 0 saturated heterocycles. The highest BCUT2D eigenvalue weighted by Crippen LogP contribution is 2.12. The molecular formula is C16H26N2OS. The van der Waals surface area contributed by atoms with Gasteiger partial charge in [-0.05, 0) is 25.3 Å². The molecule has 0 heterocycles. The number of thioether (sulfide) groups is 1. The fraction of sp³-hybridized carbons (Fsp3) is 0.562. The van der Waals surface area contributed by atoms with Gasteiger partial charge in [-0.3, -0.25) is 0 Å². The number of hydrogen-bond donors (Lipinski definition) is 2. The van der Waals surface area contributed by atoms with Gasteiger partial charge in [0.15, 0.2) is 0 Å². The topological polar surface area (TPSA) is 41.1 Å². The second kappa shape index (κ2) is 9.70. The Morgan fingerprint density at radius 3 is 2.45 bits per heavy atom. The first-order valence-corrected chi connectivity index (χ1v) is 8.48. The highest BCUT2D eigenvalue weighted by Gasteiger charge is 2.06. The van der Waals surface area contributed by atoms with Crippen molar-refractivity contribution in [2.45, 2.75) is 45.4 Å². The maximum Gasteiger partial charge on any atom is 0.315 e. The van der Waals surface area contributed by atoms with Crippen LogP contribution in [-0.2, 0) is 5.75 Å². The third kappa shape index (κ3) is 6.85. The molecule has 3 nitrogen and oxygen atoms in total. The average Bonchev–Trinajstić information content (AvgIpc) is 2.46. The van der Waals surface area contributed by atoms with E-state index in [2.05, 4.69) is 55.7 Å². The first kappa shape index (κ1) is 16.9. The predicted molar refractivity (Wildman–Crippen MR) is 88.2 cm³/mol. The molecule has 0 unspecified atom stereocenters. The zero-order valence-corrected chi connectivity index (χ0v) is 13.6. The first-order chi connectivity index (χ1) is 9.65. The molecule has 112 valence electrons. The second-order valence-electron chi connectivity index (χ2n) is 4.95. The summed E-state index contributed by atoms with van der Waals surface area (Å²) in [7, 11) is 0. The molecule has 0 atom stereocenters. The summed E-state index contributed by atoms with van der Waals surface area (Å²) in [6.07, 6.45) is 1.96. The van der Waals surface area contributed by atoms with Crippen molar-refractivity contribution in [3.63, 3.8) is 0 Å². The summed E-state index contributed by atoms with van der Waals surface area (Å²) in [6.45, 7) is 6.99. The quantitative estimate of drug-likeness (QED) is 0.718. The lowest BCUT2D eigenvalue weighted by Gasteiger charge is -2.15. The van der Waals surface area contributed by atoms with Crippen LogP contribution in [0.1, 0.15) is 37.8 Å². The molecule has 4 heteroatoms. The van der Waals surface area contributed by atoms with E-state index in [0.717, 1.165) is 24.3 Å². The highest BCUT2D eigenvalue weighted by molar-refractivity contribution is 7.98. The van der Waals surface area contributed by atoms with Crippen LogP contribution in [0.15, 0.2) is 24.3 Å². The largest absolute Gasteiger partial charge is 0.337 e. The van der Waals surface area contributed by atoms with Gasteiger partial charge in [0.1, 0.15) is 0 Å². The second-order valence-corrected chi connectivity index (χ2v) is 6.06. The van der Waals surface area contributed by atoms with E-state index in [0.29, 0.717) is 6.54 Å². The smallest absolute Gasteiger partial charge is 0.315 e. The number of carbonyl (C=O) groups is 1. The Hall–Kier alpha value is -1.16. The molecule has 1 rings (SSSR count). The van der Waals surface area contributed by atoms with E-state index < -0.39 is 0 Å². The average molecular weight is 294 g/mol. The number of amides is 2.